The van der Waals surface area contributed by atoms with Crippen molar-refractivity contribution < 1.29 is 9.21 Å². The molecule has 140 valence electrons. The molecule has 27 heavy (non-hydrogen) atoms. The predicted molar refractivity (Wildman–Crippen MR) is 109 cm³/mol. The number of carbonyl (C=O) groups is 1. The average Bonchev–Trinajstić information content (AvgIpc) is 3.47. The van der Waals surface area contributed by atoms with Crippen LogP contribution < -0.4 is 5.32 Å². The van der Waals surface area contributed by atoms with Gasteiger partial charge < -0.3 is 9.73 Å². The highest BCUT2D eigenvalue weighted by Gasteiger charge is 2.35. The van der Waals surface area contributed by atoms with E-state index in [0.29, 0.717) is 6.42 Å². The van der Waals surface area contributed by atoms with Gasteiger partial charge in [0.15, 0.2) is 4.34 Å². The zero-order valence-electron chi connectivity index (χ0n) is 14.5. The highest BCUT2D eigenvalue weighted by atomic mass is 32.2. The second-order valence-corrected chi connectivity index (χ2v) is 8.84. The lowest BCUT2D eigenvalue weighted by Gasteiger charge is -2.19. The topological polar surface area (TPSA) is 83.6 Å². The van der Waals surface area contributed by atoms with Crippen molar-refractivity contribution in [3.8, 4) is 0 Å². The Labute approximate surface area is 168 Å². The molecule has 3 aromatic rings. The van der Waals surface area contributed by atoms with E-state index in [-0.39, 0.29) is 17.7 Å². The van der Waals surface area contributed by atoms with E-state index in [9.17, 15) is 4.79 Å². The monoisotopic (exact) mass is 419 g/mol. The van der Waals surface area contributed by atoms with Gasteiger partial charge in [0.25, 0.3) is 5.91 Å². The number of anilines is 1. The largest absolute Gasteiger partial charge is 0.467 e. The zero-order valence-corrected chi connectivity index (χ0v) is 16.9. The van der Waals surface area contributed by atoms with Gasteiger partial charge in [-0.3, -0.25) is 4.79 Å². The molecule has 0 aliphatic carbocycles. The van der Waals surface area contributed by atoms with E-state index < -0.39 is 0 Å². The summed E-state index contributed by atoms with van der Waals surface area (Å²) in [6.07, 6.45) is 2.27. The Balaban J connectivity index is 1.48. The van der Waals surface area contributed by atoms with Crippen molar-refractivity contribution >= 4 is 51.2 Å². The van der Waals surface area contributed by atoms with Gasteiger partial charge in [0.05, 0.1) is 22.6 Å². The average molecular weight is 420 g/mol. The molecule has 0 saturated heterocycles. The third-order valence-corrected chi connectivity index (χ3v) is 6.81. The van der Waals surface area contributed by atoms with Crippen molar-refractivity contribution in [1.82, 2.24) is 15.2 Å². The number of hydrogen-bond donors (Lipinski definition) is 1. The summed E-state index contributed by atoms with van der Waals surface area (Å²) in [5, 5.41) is 20.2. The van der Waals surface area contributed by atoms with E-state index >= 15 is 0 Å². The molecule has 1 unspecified atom stereocenters. The van der Waals surface area contributed by atoms with Crippen molar-refractivity contribution in [3.63, 3.8) is 0 Å². The zero-order chi connectivity index (χ0) is 18.6. The quantitative estimate of drug-likeness (QED) is 0.581. The minimum Gasteiger partial charge on any atom is -0.467 e. The Morgan fingerprint density at radius 2 is 2.33 bits per heavy atom. The molecule has 1 amide bonds. The minimum atomic E-state index is -0.211. The normalized spacial score (nSPS) is 16.6. The number of hydrogen-bond acceptors (Lipinski definition) is 9. The Hall–Kier alpha value is -2.17. The van der Waals surface area contributed by atoms with Crippen molar-refractivity contribution in [2.75, 3.05) is 17.6 Å². The summed E-state index contributed by atoms with van der Waals surface area (Å²) in [5.41, 5.74) is 0.912. The SMILES string of the molecule is CCNc1nnc(SCC(=O)N2N=C(c3cccs3)CC2c2ccco2)s1. The van der Waals surface area contributed by atoms with Crippen LogP contribution in [0.3, 0.4) is 0 Å². The summed E-state index contributed by atoms with van der Waals surface area (Å²) in [6, 6.07) is 7.52. The predicted octanol–water partition coefficient (Wildman–Crippen LogP) is 4.09. The van der Waals surface area contributed by atoms with Crippen LogP contribution in [0, 0.1) is 0 Å². The smallest absolute Gasteiger partial charge is 0.253 e. The molecule has 0 saturated carbocycles. The van der Waals surface area contributed by atoms with Crippen LogP contribution in [0.2, 0.25) is 0 Å². The summed E-state index contributed by atoms with van der Waals surface area (Å²) in [5.74, 6) is 0.918. The lowest BCUT2D eigenvalue weighted by Crippen LogP contribution is -2.28. The number of thioether (sulfide) groups is 1. The third-order valence-electron chi connectivity index (χ3n) is 3.90. The van der Waals surface area contributed by atoms with Crippen LogP contribution in [0.5, 0.6) is 0 Å². The van der Waals surface area contributed by atoms with Gasteiger partial charge in [-0.05, 0) is 30.5 Å². The first-order valence-corrected chi connectivity index (χ1v) is 11.1. The van der Waals surface area contributed by atoms with E-state index in [0.717, 1.165) is 32.4 Å². The third kappa shape index (κ3) is 4.07. The van der Waals surface area contributed by atoms with E-state index in [1.165, 1.54) is 23.1 Å². The number of hydrazone groups is 1. The fourth-order valence-corrected chi connectivity index (χ4v) is 5.11. The van der Waals surface area contributed by atoms with Crippen molar-refractivity contribution in [1.29, 1.82) is 0 Å². The van der Waals surface area contributed by atoms with Crippen molar-refractivity contribution in [3.05, 3.63) is 46.5 Å². The van der Waals surface area contributed by atoms with Crippen LogP contribution in [0.15, 0.2) is 49.8 Å². The standard InChI is InChI=1S/C17H17N5O2S3/c1-2-18-16-19-20-17(27-16)26-10-15(23)22-12(13-5-3-7-24-13)9-11(21-22)14-6-4-8-25-14/h3-8,12H,2,9-10H2,1H3,(H,18,19). The molecule has 0 fully saturated rings. The number of carbonyl (C=O) groups excluding carboxylic acids is 1. The van der Waals surface area contributed by atoms with Gasteiger partial charge in [-0.25, -0.2) is 5.01 Å². The molecule has 1 N–H and O–H groups in total. The molecule has 4 rings (SSSR count). The second kappa shape index (κ2) is 8.24. The summed E-state index contributed by atoms with van der Waals surface area (Å²) in [7, 11) is 0. The second-order valence-electron chi connectivity index (χ2n) is 5.69. The Morgan fingerprint density at radius 3 is 3.07 bits per heavy atom. The fourth-order valence-electron chi connectivity index (χ4n) is 2.71. The van der Waals surface area contributed by atoms with Crippen molar-refractivity contribution in [2.45, 2.75) is 23.7 Å². The van der Waals surface area contributed by atoms with Crippen LogP contribution in [-0.2, 0) is 4.79 Å². The van der Waals surface area contributed by atoms with Gasteiger partial charge in [-0.1, -0.05) is 29.2 Å². The molecule has 1 aliphatic rings. The molecule has 7 nitrogen and oxygen atoms in total. The molecule has 1 atom stereocenters. The van der Waals surface area contributed by atoms with Crippen LogP contribution in [0.4, 0.5) is 5.13 Å². The van der Waals surface area contributed by atoms with Gasteiger partial charge in [-0.2, -0.15) is 5.10 Å². The molecule has 0 aromatic carbocycles. The van der Waals surface area contributed by atoms with Gasteiger partial charge in [0, 0.05) is 13.0 Å². The van der Waals surface area contributed by atoms with Gasteiger partial charge in [-0.15, -0.1) is 21.5 Å². The van der Waals surface area contributed by atoms with Gasteiger partial charge in [0.1, 0.15) is 11.8 Å². The van der Waals surface area contributed by atoms with Crippen LogP contribution in [-0.4, -0.2) is 39.1 Å². The summed E-state index contributed by atoms with van der Waals surface area (Å²) < 4.78 is 6.32. The molecule has 3 aromatic heterocycles. The van der Waals surface area contributed by atoms with E-state index in [1.54, 1.807) is 22.6 Å². The highest BCUT2D eigenvalue weighted by molar-refractivity contribution is 8.01. The van der Waals surface area contributed by atoms with E-state index in [2.05, 4.69) is 20.6 Å². The number of rotatable bonds is 7. The maximum atomic E-state index is 12.9. The Bertz CT molecular complexity index is 920. The Kier molecular flexibility index (Phi) is 5.55. The number of furan rings is 1. The first-order chi connectivity index (χ1) is 13.2. The molecular formula is C17H17N5O2S3. The molecule has 0 spiro atoms. The first kappa shape index (κ1) is 18.2. The maximum absolute atomic E-state index is 12.9. The number of nitrogens with zero attached hydrogens (tertiary/aromatic N) is 4. The van der Waals surface area contributed by atoms with Crippen molar-refractivity contribution in [2.24, 2.45) is 5.10 Å². The summed E-state index contributed by atoms with van der Waals surface area (Å²) in [4.78, 5) is 14.0. The maximum Gasteiger partial charge on any atom is 0.253 e. The lowest BCUT2D eigenvalue weighted by molar-refractivity contribution is -0.130. The van der Waals surface area contributed by atoms with E-state index in [1.807, 2.05) is 36.6 Å². The molecule has 0 radical (unpaired) electrons. The Morgan fingerprint density at radius 1 is 1.41 bits per heavy atom. The first-order valence-electron chi connectivity index (χ1n) is 8.41. The summed E-state index contributed by atoms with van der Waals surface area (Å²) >= 11 is 4.44. The highest BCUT2D eigenvalue weighted by Crippen LogP contribution is 2.35. The number of amides is 1. The minimum absolute atomic E-state index is 0.0758. The fraction of sp³-hybridized carbons (Fsp3) is 0.294. The van der Waals surface area contributed by atoms with Crippen LogP contribution in [0.1, 0.15) is 30.0 Å². The van der Waals surface area contributed by atoms with E-state index in [4.69, 9.17) is 4.42 Å². The number of aromatic nitrogens is 2. The van der Waals surface area contributed by atoms with Crippen LogP contribution >= 0.6 is 34.4 Å². The molecular weight excluding hydrogens is 402 g/mol. The van der Waals surface area contributed by atoms with Gasteiger partial charge >= 0.3 is 0 Å². The summed E-state index contributed by atoms with van der Waals surface area (Å²) in [6.45, 7) is 2.79. The van der Waals surface area contributed by atoms with Crippen LogP contribution in [0.25, 0.3) is 0 Å². The number of thiophene rings is 1. The van der Waals surface area contributed by atoms with Gasteiger partial charge in [0.2, 0.25) is 5.13 Å². The molecule has 0 bridgehead atoms. The number of nitrogens with one attached hydrogen (secondary N) is 1. The lowest BCUT2D eigenvalue weighted by atomic mass is 10.1. The molecule has 4 heterocycles. The molecule has 1 aliphatic heterocycles. The molecule has 10 heteroatoms.